The Hall–Kier alpha value is -7.67. The SMILES string of the molecule is [2H]C([2H])([2H])[n+]1[c-]n(-c2[c-]c(Oc3[c-]c(-n4c5cc6c7c(c5c5cccnc54)N(c4ccccc4)c4ccccc4B7c4ccccc4N6c4ccccc4)ccc3)ccc2)c2ccccc21.[Pt]. The average molecular weight is 1000 g/mol. The number of benzene rings is 8. The molecule has 0 unspecified atom stereocenters. The summed E-state index contributed by atoms with van der Waals surface area (Å²) in [4.78, 5) is 9.96. The summed E-state index contributed by atoms with van der Waals surface area (Å²) in [7, 11) is 0. The summed E-state index contributed by atoms with van der Waals surface area (Å²) in [6, 6.07) is 71.2. The van der Waals surface area contributed by atoms with Gasteiger partial charge in [-0.25, -0.2) is 4.98 Å². The standard InChI is InChI=1S/C55H35BN6O.Pt/c1-58-36-59(49-31-13-12-30-48(49)58)39-21-14-23-41(33-39)63-42-24-15-22-40(34-42)62-50-35-51-53-54(52(50)43-25-16-32-57-55(43)62)61(38-19-6-3-7-20-38)47-29-11-9-27-45(47)56(53)44-26-8-10-28-46(44)60(51)37-17-4-2-5-18-37;/h2-32,35H,1H3;/q-2;/i1D3;. The van der Waals surface area contributed by atoms with E-state index in [-0.39, 0.29) is 27.8 Å². The number of anilines is 6. The Kier molecular flexibility index (Phi) is 8.18. The van der Waals surface area contributed by atoms with Gasteiger partial charge in [-0.1, -0.05) is 108 Å². The minimum Gasteiger partial charge on any atom is -0.510 e. The fourth-order valence-corrected chi connectivity index (χ4v) is 9.83. The Bertz CT molecular complexity index is 3720. The molecule has 5 heterocycles. The van der Waals surface area contributed by atoms with Crippen molar-refractivity contribution in [3.8, 4) is 22.9 Å². The summed E-state index contributed by atoms with van der Waals surface area (Å²) in [6.45, 7) is -2.46. The molecule has 64 heavy (non-hydrogen) atoms. The first-order valence-electron chi connectivity index (χ1n) is 22.4. The van der Waals surface area contributed by atoms with Crippen LogP contribution in [-0.2, 0) is 28.0 Å². The molecule has 0 amide bonds. The monoisotopic (exact) mass is 1000 g/mol. The first-order chi connectivity index (χ1) is 32.4. The zero-order chi connectivity index (χ0) is 44.1. The molecule has 2 aliphatic heterocycles. The van der Waals surface area contributed by atoms with Crippen LogP contribution in [0, 0.1) is 18.5 Å². The molecule has 11 aromatic rings. The van der Waals surface area contributed by atoms with Crippen LogP contribution in [0.1, 0.15) is 4.11 Å². The van der Waals surface area contributed by atoms with Crippen molar-refractivity contribution in [3.05, 3.63) is 213 Å². The molecule has 0 saturated heterocycles. The molecule has 0 radical (unpaired) electrons. The van der Waals surface area contributed by atoms with Crippen LogP contribution in [0.25, 0.3) is 44.3 Å². The Labute approximate surface area is 389 Å². The van der Waals surface area contributed by atoms with E-state index in [1.807, 2.05) is 66.9 Å². The van der Waals surface area contributed by atoms with Crippen LogP contribution in [0.4, 0.5) is 34.1 Å². The van der Waals surface area contributed by atoms with Crippen LogP contribution in [0.15, 0.2) is 194 Å². The van der Waals surface area contributed by atoms with Gasteiger partial charge in [0.15, 0.2) is 0 Å². The Morgan fingerprint density at radius 3 is 1.95 bits per heavy atom. The largest absolute Gasteiger partial charge is 0.510 e. The summed E-state index contributed by atoms with van der Waals surface area (Å²) in [5.41, 5.74) is 14.6. The normalized spacial score (nSPS) is 13.4. The predicted molar refractivity (Wildman–Crippen MR) is 254 cm³/mol. The van der Waals surface area contributed by atoms with Gasteiger partial charge >= 0.3 is 0 Å². The average Bonchev–Trinajstić information content (AvgIpc) is 3.92. The number of imidazole rings is 1. The number of hydrogen-bond acceptors (Lipinski definition) is 4. The third-order valence-corrected chi connectivity index (χ3v) is 12.3. The molecular weight excluding hydrogens is 967 g/mol. The zero-order valence-corrected chi connectivity index (χ0v) is 36.2. The van der Waals surface area contributed by atoms with Crippen LogP contribution >= 0.6 is 0 Å². The molecule has 0 aliphatic carbocycles. The van der Waals surface area contributed by atoms with Gasteiger partial charge in [-0.15, -0.1) is 30.3 Å². The van der Waals surface area contributed by atoms with Gasteiger partial charge in [0.05, 0.1) is 33.3 Å². The maximum Gasteiger partial charge on any atom is 0.252 e. The summed E-state index contributed by atoms with van der Waals surface area (Å²) < 4.78 is 36.1. The summed E-state index contributed by atoms with van der Waals surface area (Å²) in [6.07, 6.45) is 4.88. The van der Waals surface area contributed by atoms with Gasteiger partial charge in [0, 0.05) is 78.0 Å². The second kappa shape index (κ2) is 15.0. The van der Waals surface area contributed by atoms with Crippen molar-refractivity contribution in [1.82, 2.24) is 14.1 Å². The number of ether oxygens (including phenoxy) is 1. The topological polar surface area (TPSA) is 42.3 Å². The molecule has 0 bridgehead atoms. The van der Waals surface area contributed by atoms with E-state index in [1.165, 1.54) is 21.0 Å². The van der Waals surface area contributed by atoms with Crippen molar-refractivity contribution in [2.24, 2.45) is 6.98 Å². The van der Waals surface area contributed by atoms with Gasteiger partial charge in [-0.3, -0.25) is 0 Å². The van der Waals surface area contributed by atoms with Crippen molar-refractivity contribution in [2.45, 2.75) is 0 Å². The van der Waals surface area contributed by atoms with Gasteiger partial charge in [0.1, 0.15) is 5.65 Å². The van der Waals surface area contributed by atoms with E-state index in [9.17, 15) is 0 Å². The van der Waals surface area contributed by atoms with E-state index >= 15 is 0 Å². The molecule has 8 aromatic carbocycles. The van der Waals surface area contributed by atoms with E-state index < -0.39 is 6.98 Å². The minimum atomic E-state index is -2.41. The van der Waals surface area contributed by atoms with Crippen LogP contribution < -0.4 is 35.5 Å². The van der Waals surface area contributed by atoms with Crippen molar-refractivity contribution < 1.29 is 34.5 Å². The van der Waals surface area contributed by atoms with Crippen LogP contribution in [0.5, 0.6) is 11.5 Å². The third kappa shape index (κ3) is 5.72. The second-order valence-corrected chi connectivity index (χ2v) is 15.8. The first kappa shape index (κ1) is 34.9. The number of rotatable bonds is 6. The van der Waals surface area contributed by atoms with E-state index in [2.05, 4.69) is 154 Å². The van der Waals surface area contributed by atoms with Gasteiger partial charge in [-0.2, -0.15) is 18.2 Å². The van der Waals surface area contributed by atoms with Crippen molar-refractivity contribution >= 4 is 90.2 Å². The molecule has 306 valence electrons. The molecule has 7 nitrogen and oxygen atoms in total. The molecule has 0 atom stereocenters. The van der Waals surface area contributed by atoms with Gasteiger partial charge in [0.2, 0.25) is 6.33 Å². The van der Waals surface area contributed by atoms with Crippen LogP contribution in [0.3, 0.4) is 0 Å². The molecule has 9 heteroatoms. The van der Waals surface area contributed by atoms with Crippen LogP contribution in [0.2, 0.25) is 0 Å². The Morgan fingerprint density at radius 2 is 1.22 bits per heavy atom. The quantitative estimate of drug-likeness (QED) is 0.0946. The number of aryl methyl sites for hydroxylation is 1. The first-order valence-corrected chi connectivity index (χ1v) is 20.9. The minimum absolute atomic E-state index is 0. The van der Waals surface area contributed by atoms with E-state index in [1.54, 1.807) is 10.6 Å². The Morgan fingerprint density at radius 1 is 0.594 bits per heavy atom. The maximum atomic E-state index is 8.14. The number of para-hydroxylation sites is 6. The third-order valence-electron chi connectivity index (χ3n) is 12.3. The molecule has 2 aliphatic rings. The number of nitrogens with zero attached hydrogens (tertiary/aromatic N) is 6. The van der Waals surface area contributed by atoms with Crippen molar-refractivity contribution in [2.75, 3.05) is 9.80 Å². The number of pyridine rings is 1. The summed E-state index contributed by atoms with van der Waals surface area (Å²) >= 11 is 0. The number of hydrogen-bond donors (Lipinski definition) is 0. The molecule has 3 aromatic heterocycles. The summed E-state index contributed by atoms with van der Waals surface area (Å²) in [5, 5.41) is 2.09. The van der Waals surface area contributed by atoms with Crippen LogP contribution in [-0.4, -0.2) is 20.8 Å². The summed E-state index contributed by atoms with van der Waals surface area (Å²) in [5.74, 6) is 0.913. The fourth-order valence-electron chi connectivity index (χ4n) is 9.83. The van der Waals surface area contributed by atoms with Crippen molar-refractivity contribution in [3.63, 3.8) is 0 Å². The molecule has 0 saturated carbocycles. The second-order valence-electron chi connectivity index (χ2n) is 15.8. The van der Waals surface area contributed by atoms with Gasteiger partial charge in [0.25, 0.3) is 6.71 Å². The predicted octanol–water partition coefficient (Wildman–Crippen LogP) is 10.2. The maximum absolute atomic E-state index is 8.14. The smallest absolute Gasteiger partial charge is 0.252 e. The molecule has 0 fully saturated rings. The molecular formula is C55H35BN6OPt-2. The number of aromatic nitrogens is 4. The van der Waals surface area contributed by atoms with E-state index in [0.29, 0.717) is 28.2 Å². The fraction of sp³-hybridized carbons (Fsp3) is 0.0182. The van der Waals surface area contributed by atoms with Crippen molar-refractivity contribution in [1.29, 1.82) is 0 Å². The number of fused-ring (bicyclic) bond motifs is 9. The molecule has 13 rings (SSSR count). The Balaban J connectivity index is 0.00000468. The van der Waals surface area contributed by atoms with Gasteiger partial charge in [-0.05, 0) is 71.0 Å². The molecule has 0 N–H and O–H groups in total. The van der Waals surface area contributed by atoms with E-state index in [0.717, 1.165) is 61.7 Å². The molecule has 0 spiro atoms. The zero-order valence-electron chi connectivity index (χ0n) is 37.0. The van der Waals surface area contributed by atoms with E-state index in [4.69, 9.17) is 13.8 Å². The van der Waals surface area contributed by atoms with Gasteiger partial charge < -0.3 is 28.2 Å².